The number of hydrogen-bond acceptors (Lipinski definition) is 4. The van der Waals surface area contributed by atoms with Gasteiger partial charge in [0.1, 0.15) is 5.75 Å². The van der Waals surface area contributed by atoms with Gasteiger partial charge in [-0.1, -0.05) is 11.6 Å². The molecule has 3 rings (SSSR count). The molecular weight excluding hydrogens is 409 g/mol. The fourth-order valence-electron chi connectivity index (χ4n) is 2.58. The number of benzene rings is 2. The summed E-state index contributed by atoms with van der Waals surface area (Å²) in [5.41, 5.74) is -0.193. The Morgan fingerprint density at radius 2 is 1.93 bits per heavy atom. The Bertz CT molecular complexity index is 1000. The Morgan fingerprint density at radius 3 is 2.59 bits per heavy atom. The van der Waals surface area contributed by atoms with Crippen molar-refractivity contribution in [1.82, 2.24) is 4.98 Å². The van der Waals surface area contributed by atoms with Crippen molar-refractivity contribution in [1.29, 1.82) is 0 Å². The van der Waals surface area contributed by atoms with Gasteiger partial charge in [-0.15, -0.1) is 0 Å². The number of carbonyl (C=O) groups is 1. The van der Waals surface area contributed by atoms with Crippen LogP contribution < -0.4 is 10.1 Å². The Labute approximate surface area is 169 Å². The molecule has 0 spiro atoms. The fraction of sp³-hybridized carbons (Fsp3) is 0.200. The number of rotatable bonds is 6. The molecule has 0 bridgehead atoms. The van der Waals surface area contributed by atoms with Crippen molar-refractivity contribution < 1.29 is 27.1 Å². The van der Waals surface area contributed by atoms with Gasteiger partial charge in [-0.05, 0) is 42.5 Å². The largest absolute Gasteiger partial charge is 0.497 e. The van der Waals surface area contributed by atoms with Crippen LogP contribution in [0.25, 0.3) is 11.3 Å². The number of oxazole rings is 1. The maximum atomic E-state index is 12.9. The highest BCUT2D eigenvalue weighted by Crippen LogP contribution is 2.36. The molecule has 0 fully saturated rings. The van der Waals surface area contributed by atoms with Crippen LogP contribution >= 0.6 is 11.6 Å². The highest BCUT2D eigenvalue weighted by molar-refractivity contribution is 6.31. The van der Waals surface area contributed by atoms with Crippen molar-refractivity contribution in [3.63, 3.8) is 0 Å². The topological polar surface area (TPSA) is 64.4 Å². The van der Waals surface area contributed by atoms with Gasteiger partial charge in [0.2, 0.25) is 5.91 Å². The van der Waals surface area contributed by atoms with Crippen molar-refractivity contribution in [3.05, 3.63) is 65.1 Å². The van der Waals surface area contributed by atoms with Gasteiger partial charge in [0.25, 0.3) is 0 Å². The minimum Gasteiger partial charge on any atom is -0.497 e. The molecule has 0 saturated carbocycles. The zero-order valence-electron chi connectivity index (χ0n) is 15.2. The molecule has 0 aliphatic heterocycles. The normalized spacial score (nSPS) is 11.3. The molecule has 1 aromatic heterocycles. The van der Waals surface area contributed by atoms with Crippen molar-refractivity contribution in [2.24, 2.45) is 0 Å². The van der Waals surface area contributed by atoms with Crippen LogP contribution in [0.5, 0.6) is 5.75 Å². The van der Waals surface area contributed by atoms with Crippen LogP contribution in [0.2, 0.25) is 5.02 Å². The molecule has 29 heavy (non-hydrogen) atoms. The quantitative estimate of drug-likeness (QED) is 0.560. The lowest BCUT2D eigenvalue weighted by Crippen LogP contribution is -2.14. The molecular formula is C20H16ClF3N2O3. The lowest BCUT2D eigenvalue weighted by molar-refractivity contribution is -0.137. The summed E-state index contributed by atoms with van der Waals surface area (Å²) in [4.78, 5) is 16.2. The van der Waals surface area contributed by atoms with E-state index >= 15 is 0 Å². The summed E-state index contributed by atoms with van der Waals surface area (Å²) < 4.78 is 49.4. The van der Waals surface area contributed by atoms with E-state index in [1.807, 2.05) is 12.1 Å². The van der Waals surface area contributed by atoms with Gasteiger partial charge < -0.3 is 14.5 Å². The van der Waals surface area contributed by atoms with E-state index in [1.165, 1.54) is 6.07 Å². The molecule has 0 aliphatic carbocycles. The molecule has 0 aliphatic rings. The van der Waals surface area contributed by atoms with E-state index in [4.69, 9.17) is 20.8 Å². The molecule has 2 aromatic carbocycles. The summed E-state index contributed by atoms with van der Waals surface area (Å²) in [7, 11) is 1.57. The number of amides is 1. The number of aromatic nitrogens is 1. The van der Waals surface area contributed by atoms with Crippen molar-refractivity contribution in [2.45, 2.75) is 19.0 Å². The van der Waals surface area contributed by atoms with Gasteiger partial charge in [-0.25, -0.2) is 4.98 Å². The standard InChI is InChI=1S/C20H16ClF3N2O3/c1-28-14-5-2-12(3-6-14)17-11-25-19(29-17)9-8-18(27)26-13-4-7-16(21)15(10-13)20(22,23)24/h2-7,10-11H,8-9H2,1H3,(H,26,27). The molecule has 3 aromatic rings. The predicted molar refractivity (Wildman–Crippen MR) is 102 cm³/mol. The number of carbonyl (C=O) groups excluding carboxylic acids is 1. The number of halogens is 4. The van der Waals surface area contributed by atoms with Gasteiger partial charge in [0.15, 0.2) is 11.7 Å². The number of nitrogens with one attached hydrogen (secondary N) is 1. The summed E-state index contributed by atoms with van der Waals surface area (Å²) >= 11 is 5.57. The zero-order chi connectivity index (χ0) is 21.0. The second-order valence-corrected chi connectivity index (χ2v) is 6.49. The highest BCUT2D eigenvalue weighted by atomic mass is 35.5. The maximum Gasteiger partial charge on any atom is 0.417 e. The summed E-state index contributed by atoms with van der Waals surface area (Å²) in [6, 6.07) is 10.4. The first-order chi connectivity index (χ1) is 13.8. The molecule has 0 saturated heterocycles. The Morgan fingerprint density at radius 1 is 1.21 bits per heavy atom. The lowest BCUT2D eigenvalue weighted by atomic mass is 10.2. The van der Waals surface area contributed by atoms with E-state index in [0.29, 0.717) is 17.4 Å². The van der Waals surface area contributed by atoms with Gasteiger partial charge in [0.05, 0.1) is 23.9 Å². The van der Waals surface area contributed by atoms with Crippen LogP contribution in [-0.2, 0) is 17.4 Å². The smallest absolute Gasteiger partial charge is 0.417 e. The monoisotopic (exact) mass is 424 g/mol. The van der Waals surface area contributed by atoms with Gasteiger partial charge in [-0.2, -0.15) is 13.2 Å². The van der Waals surface area contributed by atoms with Gasteiger partial charge in [-0.3, -0.25) is 4.79 Å². The molecule has 152 valence electrons. The van der Waals surface area contributed by atoms with Crippen LogP contribution in [-0.4, -0.2) is 18.0 Å². The number of nitrogens with zero attached hydrogens (tertiary/aromatic N) is 1. The molecule has 0 radical (unpaired) electrons. The van der Waals surface area contributed by atoms with E-state index in [2.05, 4.69) is 10.3 Å². The first kappa shape index (κ1) is 20.7. The Balaban J connectivity index is 1.59. The van der Waals surface area contributed by atoms with Crippen molar-refractivity contribution >= 4 is 23.2 Å². The number of ether oxygens (including phenoxy) is 1. The fourth-order valence-corrected chi connectivity index (χ4v) is 2.80. The van der Waals surface area contributed by atoms with E-state index in [0.717, 1.165) is 17.7 Å². The van der Waals surface area contributed by atoms with E-state index in [-0.39, 0.29) is 18.5 Å². The number of hydrogen-bond donors (Lipinski definition) is 1. The lowest BCUT2D eigenvalue weighted by Gasteiger charge is -2.11. The third kappa shape index (κ3) is 5.29. The van der Waals surface area contributed by atoms with Crippen LogP contribution in [0.1, 0.15) is 17.9 Å². The average Bonchev–Trinajstić information content (AvgIpc) is 3.16. The molecule has 0 unspecified atom stereocenters. The maximum absolute atomic E-state index is 12.9. The predicted octanol–water partition coefficient (Wildman–Crippen LogP) is 5.59. The second kappa shape index (κ2) is 8.57. The van der Waals surface area contributed by atoms with E-state index in [9.17, 15) is 18.0 Å². The first-order valence-corrected chi connectivity index (χ1v) is 8.90. The van der Waals surface area contributed by atoms with Gasteiger partial charge >= 0.3 is 6.18 Å². The summed E-state index contributed by atoms with van der Waals surface area (Å²) in [5.74, 6) is 1.12. The minimum absolute atomic E-state index is 0.00740. The number of alkyl halides is 3. The molecule has 5 nitrogen and oxygen atoms in total. The van der Waals surface area contributed by atoms with Crippen molar-refractivity contribution in [2.75, 3.05) is 12.4 Å². The van der Waals surface area contributed by atoms with E-state index in [1.54, 1.807) is 25.4 Å². The second-order valence-electron chi connectivity index (χ2n) is 6.09. The number of aryl methyl sites for hydroxylation is 1. The Hall–Kier alpha value is -3.00. The number of methoxy groups -OCH3 is 1. The molecule has 1 amide bonds. The van der Waals surface area contributed by atoms with Crippen LogP contribution in [0.15, 0.2) is 53.1 Å². The summed E-state index contributed by atoms with van der Waals surface area (Å²) in [6.45, 7) is 0. The van der Waals surface area contributed by atoms with Crippen molar-refractivity contribution in [3.8, 4) is 17.1 Å². The number of anilines is 1. The van der Waals surface area contributed by atoms with E-state index < -0.39 is 22.7 Å². The third-order valence-corrected chi connectivity index (χ3v) is 4.38. The van der Waals surface area contributed by atoms with Gasteiger partial charge in [0, 0.05) is 24.1 Å². The third-order valence-electron chi connectivity index (χ3n) is 4.05. The summed E-state index contributed by atoms with van der Waals surface area (Å²) in [5, 5.41) is 1.99. The van der Waals surface area contributed by atoms with Crippen LogP contribution in [0, 0.1) is 0 Å². The highest BCUT2D eigenvalue weighted by Gasteiger charge is 2.33. The van der Waals surface area contributed by atoms with Crippen LogP contribution in [0.4, 0.5) is 18.9 Å². The summed E-state index contributed by atoms with van der Waals surface area (Å²) in [6.07, 6.45) is -2.87. The first-order valence-electron chi connectivity index (χ1n) is 8.52. The van der Waals surface area contributed by atoms with Crippen LogP contribution in [0.3, 0.4) is 0 Å². The minimum atomic E-state index is -4.60. The molecule has 0 atom stereocenters. The average molecular weight is 425 g/mol. The Kier molecular flexibility index (Phi) is 6.12. The molecule has 1 N–H and O–H groups in total. The zero-order valence-corrected chi connectivity index (χ0v) is 16.0. The molecule has 9 heteroatoms. The SMILES string of the molecule is COc1ccc(-c2cnc(CCC(=O)Nc3ccc(Cl)c(C(F)(F)F)c3)o2)cc1. The molecule has 1 heterocycles.